The van der Waals surface area contributed by atoms with Crippen LogP contribution in [0.15, 0.2) is 205 Å². The molecule has 0 amide bonds. The summed E-state index contributed by atoms with van der Waals surface area (Å²) in [6.07, 6.45) is 0. The Kier molecular flexibility index (Phi) is 7.76. The Labute approximate surface area is 357 Å². The first-order valence-electron chi connectivity index (χ1n) is 20.7. The fraction of sp³-hybridized carbons (Fsp3) is 0.0526. The van der Waals surface area contributed by atoms with Gasteiger partial charge in [-0.1, -0.05) is 151 Å². The highest BCUT2D eigenvalue weighted by Crippen LogP contribution is 2.49. The van der Waals surface area contributed by atoms with Crippen molar-refractivity contribution in [2.75, 3.05) is 0 Å². The Morgan fingerprint density at radius 3 is 1.45 bits per heavy atom. The molecular formula is C57H39BrN2. The van der Waals surface area contributed by atoms with Crippen LogP contribution in [0.4, 0.5) is 0 Å². The third-order valence-corrected chi connectivity index (χ3v) is 13.5. The molecule has 2 aromatic heterocycles. The van der Waals surface area contributed by atoms with Gasteiger partial charge in [-0.05, 0) is 134 Å². The van der Waals surface area contributed by atoms with Gasteiger partial charge in [-0.2, -0.15) is 0 Å². The molecule has 12 rings (SSSR count). The quantitative estimate of drug-likeness (QED) is 0.164. The lowest BCUT2D eigenvalue weighted by Gasteiger charge is -2.21. The molecule has 0 bridgehead atoms. The largest absolute Gasteiger partial charge is 0.309 e. The lowest BCUT2D eigenvalue weighted by atomic mass is 9.82. The number of hydrogen-bond donors (Lipinski definition) is 0. The van der Waals surface area contributed by atoms with E-state index in [-0.39, 0.29) is 5.41 Å². The number of fused-ring (bicyclic) bond motifs is 9. The third kappa shape index (κ3) is 5.32. The van der Waals surface area contributed by atoms with Crippen molar-refractivity contribution in [3.05, 3.63) is 216 Å². The van der Waals surface area contributed by atoms with Crippen molar-refractivity contribution in [3.63, 3.8) is 0 Å². The monoisotopic (exact) mass is 830 g/mol. The summed E-state index contributed by atoms with van der Waals surface area (Å²) in [5.74, 6) is 0. The second kappa shape index (κ2) is 13.3. The fourth-order valence-electron chi connectivity index (χ4n) is 10.1. The second-order valence-electron chi connectivity index (χ2n) is 16.7. The summed E-state index contributed by atoms with van der Waals surface area (Å²) in [5.41, 5.74) is 19.6. The molecule has 0 atom stereocenters. The van der Waals surface area contributed by atoms with Crippen LogP contribution in [0.2, 0.25) is 0 Å². The highest BCUT2D eigenvalue weighted by atomic mass is 79.9. The molecule has 0 saturated heterocycles. The van der Waals surface area contributed by atoms with Crippen LogP contribution in [0, 0.1) is 0 Å². The van der Waals surface area contributed by atoms with Crippen molar-refractivity contribution in [1.29, 1.82) is 0 Å². The first-order chi connectivity index (χ1) is 29.4. The number of hydrogen-bond acceptors (Lipinski definition) is 0. The van der Waals surface area contributed by atoms with Gasteiger partial charge in [0.05, 0.1) is 22.1 Å². The van der Waals surface area contributed by atoms with Crippen molar-refractivity contribution >= 4 is 59.5 Å². The molecule has 3 heteroatoms. The summed E-state index contributed by atoms with van der Waals surface area (Å²) < 4.78 is 5.94. The maximum absolute atomic E-state index is 3.67. The highest BCUT2D eigenvalue weighted by Gasteiger charge is 2.35. The third-order valence-electron chi connectivity index (χ3n) is 13.0. The fourth-order valence-corrected chi connectivity index (χ4v) is 10.3. The van der Waals surface area contributed by atoms with Crippen molar-refractivity contribution in [2.24, 2.45) is 0 Å². The number of rotatable bonds is 5. The molecule has 0 fully saturated rings. The van der Waals surface area contributed by atoms with Crippen LogP contribution in [0.5, 0.6) is 0 Å². The topological polar surface area (TPSA) is 9.86 Å². The molecule has 11 aromatic rings. The Morgan fingerprint density at radius 2 is 0.817 bits per heavy atom. The SMILES string of the molecule is CC1(C)c2ccccc2-c2cc(-n3c4ccccc4c4ccc(-c5cc(-c6ccc(Br)cc6)cc(-c6ccc7c8ccccc8n(-c8ccccc8)c7c6)c5)cc43)ccc21. The van der Waals surface area contributed by atoms with Gasteiger partial charge in [0.1, 0.15) is 0 Å². The van der Waals surface area contributed by atoms with E-state index in [9.17, 15) is 0 Å². The molecule has 1 aliphatic carbocycles. The minimum Gasteiger partial charge on any atom is -0.309 e. The summed E-state index contributed by atoms with van der Waals surface area (Å²) in [4.78, 5) is 0. The highest BCUT2D eigenvalue weighted by molar-refractivity contribution is 9.10. The van der Waals surface area contributed by atoms with E-state index in [1.165, 1.54) is 105 Å². The molecule has 0 saturated carbocycles. The van der Waals surface area contributed by atoms with Gasteiger partial charge in [-0.25, -0.2) is 0 Å². The number of halogens is 1. The second-order valence-corrected chi connectivity index (χ2v) is 17.6. The van der Waals surface area contributed by atoms with E-state index in [2.05, 4.69) is 239 Å². The molecule has 0 aliphatic heterocycles. The molecule has 9 aromatic carbocycles. The van der Waals surface area contributed by atoms with Crippen molar-refractivity contribution < 1.29 is 0 Å². The van der Waals surface area contributed by atoms with Crippen molar-refractivity contribution in [2.45, 2.75) is 19.3 Å². The summed E-state index contributed by atoms with van der Waals surface area (Å²) in [7, 11) is 0. The van der Waals surface area contributed by atoms with E-state index in [1.807, 2.05) is 0 Å². The summed E-state index contributed by atoms with van der Waals surface area (Å²) >= 11 is 3.67. The van der Waals surface area contributed by atoms with E-state index in [4.69, 9.17) is 0 Å². The lowest BCUT2D eigenvalue weighted by Crippen LogP contribution is -2.14. The number of nitrogens with zero attached hydrogens (tertiary/aromatic N) is 2. The maximum Gasteiger partial charge on any atom is 0.0547 e. The van der Waals surface area contributed by atoms with Gasteiger partial charge in [0, 0.05) is 42.8 Å². The summed E-state index contributed by atoms with van der Waals surface area (Å²) in [6, 6.07) is 74.1. The molecule has 0 radical (unpaired) electrons. The Hall–Kier alpha value is -6.94. The molecular weight excluding hydrogens is 793 g/mol. The maximum atomic E-state index is 3.67. The van der Waals surface area contributed by atoms with Gasteiger partial charge >= 0.3 is 0 Å². The molecule has 2 heterocycles. The number of benzene rings is 9. The summed E-state index contributed by atoms with van der Waals surface area (Å²) in [6.45, 7) is 4.70. The van der Waals surface area contributed by atoms with Crippen LogP contribution >= 0.6 is 15.9 Å². The van der Waals surface area contributed by atoms with Gasteiger partial charge in [0.2, 0.25) is 0 Å². The normalized spacial score (nSPS) is 13.1. The molecule has 0 unspecified atom stereocenters. The van der Waals surface area contributed by atoms with Gasteiger partial charge in [0.25, 0.3) is 0 Å². The zero-order valence-electron chi connectivity index (χ0n) is 33.3. The Balaban J connectivity index is 1.07. The van der Waals surface area contributed by atoms with Crippen LogP contribution in [-0.4, -0.2) is 9.13 Å². The predicted octanol–water partition coefficient (Wildman–Crippen LogP) is 16.0. The van der Waals surface area contributed by atoms with Crippen LogP contribution in [0.3, 0.4) is 0 Å². The minimum absolute atomic E-state index is 0.0430. The van der Waals surface area contributed by atoms with Crippen LogP contribution in [0.1, 0.15) is 25.0 Å². The zero-order chi connectivity index (χ0) is 40.1. The standard InChI is InChI=1S/C57H39BrN2/c1-57(2)51-17-9-6-14-45(51)50-35-44(26-29-52(50)57)60-54-19-11-8-16-47(54)49-28-23-38(34-56(49)60)41-31-39(36-20-24-42(58)25-21-36)30-40(32-41)37-22-27-48-46-15-7-10-18-53(46)59(55(48)33-37)43-12-4-3-5-13-43/h3-35H,1-2H3. The van der Waals surface area contributed by atoms with E-state index < -0.39 is 0 Å². The Morgan fingerprint density at radius 1 is 0.333 bits per heavy atom. The average molecular weight is 832 g/mol. The van der Waals surface area contributed by atoms with Gasteiger partial charge in [-0.3, -0.25) is 0 Å². The number of para-hydroxylation sites is 3. The van der Waals surface area contributed by atoms with Crippen molar-refractivity contribution in [1.82, 2.24) is 9.13 Å². The number of aromatic nitrogens is 2. The zero-order valence-corrected chi connectivity index (χ0v) is 34.9. The van der Waals surface area contributed by atoms with Gasteiger partial charge in [-0.15, -0.1) is 0 Å². The molecule has 1 aliphatic rings. The Bertz CT molecular complexity index is 3510. The van der Waals surface area contributed by atoms with Crippen LogP contribution < -0.4 is 0 Å². The van der Waals surface area contributed by atoms with Crippen molar-refractivity contribution in [3.8, 4) is 55.9 Å². The van der Waals surface area contributed by atoms with Gasteiger partial charge < -0.3 is 9.13 Å². The van der Waals surface area contributed by atoms with Gasteiger partial charge in [0.15, 0.2) is 0 Å². The average Bonchev–Trinajstić information content (AvgIpc) is 3.89. The molecule has 284 valence electrons. The predicted molar refractivity (Wildman–Crippen MR) is 257 cm³/mol. The van der Waals surface area contributed by atoms with E-state index in [0.29, 0.717) is 0 Å². The molecule has 2 nitrogen and oxygen atoms in total. The van der Waals surface area contributed by atoms with Crippen LogP contribution in [-0.2, 0) is 5.41 Å². The van der Waals surface area contributed by atoms with E-state index in [0.717, 1.165) is 10.2 Å². The van der Waals surface area contributed by atoms with Crippen LogP contribution in [0.25, 0.3) is 99.5 Å². The molecule has 0 N–H and O–H groups in total. The van der Waals surface area contributed by atoms with E-state index >= 15 is 0 Å². The first-order valence-corrected chi connectivity index (χ1v) is 21.5. The first kappa shape index (κ1) is 35.0. The van der Waals surface area contributed by atoms with E-state index in [1.54, 1.807) is 0 Å². The lowest BCUT2D eigenvalue weighted by molar-refractivity contribution is 0.660. The molecule has 0 spiro atoms. The molecule has 60 heavy (non-hydrogen) atoms. The smallest absolute Gasteiger partial charge is 0.0547 e. The minimum atomic E-state index is -0.0430. The summed E-state index contributed by atoms with van der Waals surface area (Å²) in [5, 5.41) is 5.01.